The lowest BCUT2D eigenvalue weighted by Crippen LogP contribution is -2.31. The Balaban J connectivity index is 0. The lowest BCUT2D eigenvalue weighted by Gasteiger charge is -2.03. The molecule has 0 amide bonds. The van der Waals surface area contributed by atoms with Gasteiger partial charge in [0.1, 0.15) is 0 Å². The van der Waals surface area contributed by atoms with Crippen LogP contribution in [0.4, 0.5) is 0 Å². The number of halogens is 1. The molecule has 0 saturated carbocycles. The summed E-state index contributed by atoms with van der Waals surface area (Å²) in [6, 6.07) is -0.451. The van der Waals surface area contributed by atoms with Crippen molar-refractivity contribution < 1.29 is 4.79 Å². The van der Waals surface area contributed by atoms with Crippen LogP contribution in [0.3, 0.4) is 0 Å². The van der Waals surface area contributed by atoms with Crippen LogP contribution >= 0.6 is 12.4 Å². The van der Waals surface area contributed by atoms with E-state index in [-0.39, 0.29) is 18.2 Å². The van der Waals surface area contributed by atoms with Crippen LogP contribution < -0.4 is 11.5 Å². The number of carbonyl (C=O) groups is 1. The van der Waals surface area contributed by atoms with Crippen LogP contribution in [0.5, 0.6) is 0 Å². The minimum atomic E-state index is -0.451. The number of nitrogens with two attached hydrogens (primary N) is 2. The van der Waals surface area contributed by atoms with Gasteiger partial charge in [0.05, 0.1) is 6.04 Å². The molecule has 4 heteroatoms. The van der Waals surface area contributed by atoms with Crippen LogP contribution in [0.2, 0.25) is 0 Å². The first-order chi connectivity index (χ1) is 4.22. The molecule has 0 radical (unpaired) electrons. The van der Waals surface area contributed by atoms with Crippen molar-refractivity contribution in [2.24, 2.45) is 11.5 Å². The minimum absolute atomic E-state index is 0. The summed E-state index contributed by atoms with van der Waals surface area (Å²) in [5.74, 6) is -0.138. The molecule has 0 aromatic heterocycles. The Kier molecular flexibility index (Phi) is 8.29. The van der Waals surface area contributed by atoms with Crippen molar-refractivity contribution in [3.63, 3.8) is 0 Å². The van der Waals surface area contributed by atoms with Crippen LogP contribution in [0.15, 0.2) is 12.7 Å². The highest BCUT2D eigenvalue weighted by Crippen LogP contribution is 1.87. The number of ketones is 1. The summed E-state index contributed by atoms with van der Waals surface area (Å²) in [6.45, 7) is 3.74. The molecule has 0 aromatic carbocycles. The Morgan fingerprint density at radius 1 is 1.70 bits per heavy atom. The highest BCUT2D eigenvalue weighted by atomic mass is 35.5. The van der Waals surface area contributed by atoms with Crippen molar-refractivity contribution in [1.82, 2.24) is 0 Å². The van der Waals surface area contributed by atoms with Gasteiger partial charge < -0.3 is 11.5 Å². The molecule has 3 nitrogen and oxygen atoms in total. The molecule has 60 valence electrons. The second kappa shape index (κ2) is 6.74. The summed E-state index contributed by atoms with van der Waals surface area (Å²) in [4.78, 5) is 10.6. The van der Waals surface area contributed by atoms with Gasteiger partial charge in [0.15, 0.2) is 5.78 Å². The fourth-order valence-corrected chi connectivity index (χ4v) is 0.473. The van der Waals surface area contributed by atoms with E-state index in [0.29, 0.717) is 13.0 Å². The van der Waals surface area contributed by atoms with Crippen molar-refractivity contribution in [2.45, 2.75) is 12.5 Å². The van der Waals surface area contributed by atoms with Gasteiger partial charge in [-0.15, -0.1) is 12.4 Å². The number of hydrogen-bond donors (Lipinski definition) is 2. The summed E-state index contributed by atoms with van der Waals surface area (Å²) < 4.78 is 0. The van der Waals surface area contributed by atoms with Gasteiger partial charge in [-0.05, 0) is 19.0 Å². The average molecular weight is 165 g/mol. The molecule has 0 saturated heterocycles. The third kappa shape index (κ3) is 4.49. The SMILES string of the molecule is C=CC(=O)C(N)CCN.Cl. The minimum Gasteiger partial charge on any atom is -0.330 e. The smallest absolute Gasteiger partial charge is 0.171 e. The Hall–Kier alpha value is -0.380. The highest BCUT2D eigenvalue weighted by molar-refractivity contribution is 5.93. The third-order valence-corrected chi connectivity index (χ3v) is 1.04. The number of hydrogen-bond acceptors (Lipinski definition) is 3. The van der Waals surface area contributed by atoms with E-state index in [2.05, 4.69) is 6.58 Å². The monoisotopic (exact) mass is 164 g/mol. The van der Waals surface area contributed by atoms with Gasteiger partial charge >= 0.3 is 0 Å². The first-order valence-corrected chi connectivity index (χ1v) is 2.84. The first kappa shape index (κ1) is 12.3. The normalized spacial score (nSPS) is 11.4. The van der Waals surface area contributed by atoms with Gasteiger partial charge in [-0.3, -0.25) is 4.79 Å². The maximum Gasteiger partial charge on any atom is 0.171 e. The van der Waals surface area contributed by atoms with Crippen LogP contribution in [0, 0.1) is 0 Å². The Labute approximate surface area is 66.9 Å². The lowest BCUT2D eigenvalue weighted by molar-refractivity contribution is -0.115. The van der Waals surface area contributed by atoms with Crippen molar-refractivity contribution in [1.29, 1.82) is 0 Å². The van der Waals surface area contributed by atoms with Crippen LogP contribution in [0.1, 0.15) is 6.42 Å². The molecule has 0 aliphatic carbocycles. The molecule has 0 aromatic rings. The Morgan fingerprint density at radius 3 is 2.50 bits per heavy atom. The molecular formula is C6H13ClN2O. The summed E-state index contributed by atoms with van der Waals surface area (Å²) in [6.07, 6.45) is 1.76. The zero-order valence-electron chi connectivity index (χ0n) is 5.75. The molecule has 1 unspecified atom stereocenters. The Morgan fingerprint density at radius 2 is 2.20 bits per heavy atom. The molecule has 0 aliphatic rings. The zero-order valence-corrected chi connectivity index (χ0v) is 6.56. The maximum atomic E-state index is 10.6. The van der Waals surface area contributed by atoms with Gasteiger partial charge in [-0.25, -0.2) is 0 Å². The lowest BCUT2D eigenvalue weighted by atomic mass is 10.1. The first-order valence-electron chi connectivity index (χ1n) is 2.84. The van der Waals surface area contributed by atoms with Gasteiger partial charge in [0.25, 0.3) is 0 Å². The second-order valence-corrected chi connectivity index (χ2v) is 1.79. The number of rotatable bonds is 4. The molecule has 4 N–H and O–H groups in total. The molecule has 1 atom stereocenters. The predicted molar refractivity (Wildman–Crippen MR) is 44.1 cm³/mol. The van der Waals surface area contributed by atoms with Gasteiger partial charge in [-0.1, -0.05) is 6.58 Å². The largest absolute Gasteiger partial charge is 0.330 e. The van der Waals surface area contributed by atoms with Crippen molar-refractivity contribution >= 4 is 18.2 Å². The molecule has 0 heterocycles. The van der Waals surface area contributed by atoms with Gasteiger partial charge in [0.2, 0.25) is 0 Å². The fourth-order valence-electron chi connectivity index (χ4n) is 0.473. The summed E-state index contributed by atoms with van der Waals surface area (Å²) in [7, 11) is 0. The topological polar surface area (TPSA) is 69.1 Å². The van der Waals surface area contributed by atoms with Crippen molar-refractivity contribution in [2.75, 3.05) is 6.54 Å². The molecule has 10 heavy (non-hydrogen) atoms. The average Bonchev–Trinajstić information content (AvgIpc) is 1.87. The van der Waals surface area contributed by atoms with E-state index >= 15 is 0 Å². The molecule has 0 rings (SSSR count). The van der Waals surface area contributed by atoms with E-state index in [1.54, 1.807) is 0 Å². The van der Waals surface area contributed by atoms with E-state index < -0.39 is 6.04 Å². The summed E-state index contributed by atoms with van der Waals surface area (Å²) in [5.41, 5.74) is 10.5. The zero-order chi connectivity index (χ0) is 7.28. The van der Waals surface area contributed by atoms with Gasteiger partial charge in [0, 0.05) is 0 Å². The number of carbonyl (C=O) groups excluding carboxylic acids is 1. The summed E-state index contributed by atoms with van der Waals surface area (Å²) >= 11 is 0. The standard InChI is InChI=1S/C6H12N2O.ClH/c1-2-6(9)5(8)3-4-7;/h2,5H,1,3-4,7-8H2;1H. The maximum absolute atomic E-state index is 10.6. The predicted octanol–water partition coefficient (Wildman–Crippen LogP) is -0.161. The fraction of sp³-hybridized carbons (Fsp3) is 0.500. The van der Waals surface area contributed by atoms with E-state index in [1.807, 2.05) is 0 Å². The van der Waals surface area contributed by atoms with E-state index in [9.17, 15) is 4.79 Å². The molecule has 0 bridgehead atoms. The molecular weight excluding hydrogens is 152 g/mol. The molecule has 0 spiro atoms. The third-order valence-electron chi connectivity index (χ3n) is 1.04. The van der Waals surface area contributed by atoms with Crippen LogP contribution in [-0.4, -0.2) is 18.4 Å². The second-order valence-electron chi connectivity index (χ2n) is 1.79. The van der Waals surface area contributed by atoms with Crippen LogP contribution in [-0.2, 0) is 4.79 Å². The van der Waals surface area contributed by atoms with E-state index in [1.165, 1.54) is 6.08 Å². The van der Waals surface area contributed by atoms with Gasteiger partial charge in [-0.2, -0.15) is 0 Å². The van der Waals surface area contributed by atoms with Crippen molar-refractivity contribution in [3.8, 4) is 0 Å². The van der Waals surface area contributed by atoms with Crippen LogP contribution in [0.25, 0.3) is 0 Å². The van der Waals surface area contributed by atoms with E-state index in [0.717, 1.165) is 0 Å². The Bertz CT molecular complexity index is 116. The summed E-state index contributed by atoms with van der Waals surface area (Å²) in [5, 5.41) is 0. The molecule has 0 aliphatic heterocycles. The quantitative estimate of drug-likeness (QED) is 0.568. The van der Waals surface area contributed by atoms with E-state index in [4.69, 9.17) is 11.5 Å². The highest BCUT2D eigenvalue weighted by Gasteiger charge is 2.06. The molecule has 0 fully saturated rings. The van der Waals surface area contributed by atoms with Crippen molar-refractivity contribution in [3.05, 3.63) is 12.7 Å².